The van der Waals surface area contributed by atoms with Gasteiger partial charge in [0.25, 0.3) is 0 Å². The zero-order chi connectivity index (χ0) is 15.9. The van der Waals surface area contributed by atoms with Crippen LogP contribution in [0.15, 0.2) is 30.3 Å². The van der Waals surface area contributed by atoms with Gasteiger partial charge in [-0.3, -0.25) is 4.79 Å². The summed E-state index contributed by atoms with van der Waals surface area (Å²) in [6.07, 6.45) is 8.88. The minimum Gasteiger partial charge on any atom is -0.353 e. The van der Waals surface area contributed by atoms with E-state index in [4.69, 9.17) is 0 Å². The van der Waals surface area contributed by atoms with Crippen molar-refractivity contribution in [3.05, 3.63) is 35.9 Å². The molecule has 1 saturated heterocycles. The lowest BCUT2D eigenvalue weighted by Gasteiger charge is -2.29. The highest BCUT2D eigenvalue weighted by atomic mass is 16.1. The Labute approximate surface area is 140 Å². The minimum absolute atomic E-state index is 0.270. The summed E-state index contributed by atoms with van der Waals surface area (Å²) in [7, 11) is 0. The Morgan fingerprint density at radius 3 is 2.39 bits per heavy atom. The van der Waals surface area contributed by atoms with Crippen LogP contribution in [-0.4, -0.2) is 25.0 Å². The Morgan fingerprint density at radius 2 is 1.70 bits per heavy atom. The van der Waals surface area contributed by atoms with Crippen molar-refractivity contribution in [1.82, 2.24) is 10.6 Å². The van der Waals surface area contributed by atoms with Gasteiger partial charge in [0.2, 0.25) is 5.91 Å². The third kappa shape index (κ3) is 5.07. The lowest BCUT2D eigenvalue weighted by atomic mass is 9.81. The van der Waals surface area contributed by atoms with Crippen LogP contribution in [0.4, 0.5) is 0 Å². The quantitative estimate of drug-likeness (QED) is 0.872. The molecule has 2 N–H and O–H groups in total. The molecule has 3 rings (SSSR count). The second-order valence-electron chi connectivity index (χ2n) is 7.26. The van der Waals surface area contributed by atoms with Crippen LogP contribution in [-0.2, 0) is 4.79 Å². The summed E-state index contributed by atoms with van der Waals surface area (Å²) in [4.78, 5) is 12.2. The van der Waals surface area contributed by atoms with Crippen molar-refractivity contribution in [1.29, 1.82) is 0 Å². The van der Waals surface area contributed by atoms with Crippen molar-refractivity contribution in [3.63, 3.8) is 0 Å². The molecular formula is C20H30N2O. The predicted octanol–water partition coefficient (Wildman–Crippen LogP) is 3.61. The van der Waals surface area contributed by atoms with Crippen LogP contribution in [0.2, 0.25) is 0 Å². The zero-order valence-electron chi connectivity index (χ0n) is 14.1. The average Bonchev–Trinajstić information content (AvgIpc) is 2.62. The van der Waals surface area contributed by atoms with E-state index in [1.54, 1.807) is 0 Å². The van der Waals surface area contributed by atoms with E-state index < -0.39 is 0 Å². The fourth-order valence-electron chi connectivity index (χ4n) is 4.10. The molecule has 0 bridgehead atoms. The number of nitrogens with one attached hydrogen (secondary N) is 2. The number of hydrogen-bond acceptors (Lipinski definition) is 2. The molecule has 0 aromatic heterocycles. The normalized spacial score (nSPS) is 25.9. The summed E-state index contributed by atoms with van der Waals surface area (Å²) in [6, 6.07) is 11.2. The van der Waals surface area contributed by atoms with Crippen molar-refractivity contribution >= 4 is 5.91 Å². The standard InChI is InChI=1S/C20H30N2O/c23-20(11-6-16-12-14-21-15-13-16)22-19-9-7-18(8-10-19)17-4-2-1-3-5-17/h1-5,16,18-19,21H,6-15H2,(H,22,23). The highest BCUT2D eigenvalue weighted by Gasteiger charge is 2.23. The molecular weight excluding hydrogens is 284 g/mol. The topological polar surface area (TPSA) is 41.1 Å². The number of rotatable bonds is 5. The Bertz CT molecular complexity index is 474. The van der Waals surface area contributed by atoms with Gasteiger partial charge in [0.15, 0.2) is 0 Å². The molecule has 0 spiro atoms. The van der Waals surface area contributed by atoms with E-state index in [0.29, 0.717) is 18.4 Å². The van der Waals surface area contributed by atoms with Crippen molar-refractivity contribution in [2.24, 2.45) is 5.92 Å². The van der Waals surface area contributed by atoms with Gasteiger partial charge in [0.1, 0.15) is 0 Å². The highest BCUT2D eigenvalue weighted by molar-refractivity contribution is 5.76. The number of hydrogen-bond donors (Lipinski definition) is 2. The van der Waals surface area contributed by atoms with Crippen molar-refractivity contribution in [2.45, 2.75) is 63.3 Å². The Balaban J connectivity index is 1.36. The molecule has 1 heterocycles. The van der Waals surface area contributed by atoms with E-state index in [-0.39, 0.29) is 5.91 Å². The Kier molecular flexibility index (Phi) is 6.09. The summed E-state index contributed by atoms with van der Waals surface area (Å²) in [5.41, 5.74) is 1.46. The van der Waals surface area contributed by atoms with E-state index in [9.17, 15) is 4.79 Å². The second kappa shape index (κ2) is 8.49. The number of carbonyl (C=O) groups is 1. The molecule has 0 atom stereocenters. The third-order valence-corrected chi connectivity index (χ3v) is 5.60. The fourth-order valence-corrected chi connectivity index (χ4v) is 4.10. The van der Waals surface area contributed by atoms with Crippen LogP contribution in [0.3, 0.4) is 0 Å². The maximum absolute atomic E-state index is 12.2. The maximum atomic E-state index is 12.2. The van der Waals surface area contributed by atoms with Crippen LogP contribution in [0.1, 0.15) is 62.8 Å². The van der Waals surface area contributed by atoms with Gasteiger partial charge in [0.05, 0.1) is 0 Å². The monoisotopic (exact) mass is 314 g/mol. The summed E-state index contributed by atoms with van der Waals surface area (Å²) in [5, 5.41) is 6.66. The fraction of sp³-hybridized carbons (Fsp3) is 0.650. The first-order chi connectivity index (χ1) is 11.3. The number of carbonyl (C=O) groups excluding carboxylic acids is 1. The van der Waals surface area contributed by atoms with Crippen molar-refractivity contribution < 1.29 is 4.79 Å². The number of amides is 1. The van der Waals surface area contributed by atoms with E-state index >= 15 is 0 Å². The first-order valence-electron chi connectivity index (χ1n) is 9.36. The molecule has 2 fully saturated rings. The summed E-state index contributed by atoms with van der Waals surface area (Å²) >= 11 is 0. The smallest absolute Gasteiger partial charge is 0.220 e. The molecule has 2 aliphatic rings. The van der Waals surface area contributed by atoms with Gasteiger partial charge >= 0.3 is 0 Å². The molecule has 3 nitrogen and oxygen atoms in total. The highest BCUT2D eigenvalue weighted by Crippen LogP contribution is 2.32. The lowest BCUT2D eigenvalue weighted by Crippen LogP contribution is -2.37. The Morgan fingerprint density at radius 1 is 1.00 bits per heavy atom. The van der Waals surface area contributed by atoms with Crippen LogP contribution >= 0.6 is 0 Å². The molecule has 1 amide bonds. The van der Waals surface area contributed by atoms with Crippen LogP contribution < -0.4 is 10.6 Å². The molecule has 1 saturated carbocycles. The van der Waals surface area contributed by atoms with Crippen LogP contribution in [0.25, 0.3) is 0 Å². The molecule has 0 unspecified atom stereocenters. The first-order valence-corrected chi connectivity index (χ1v) is 9.36. The summed E-state index contributed by atoms with van der Waals surface area (Å²) < 4.78 is 0. The number of piperidine rings is 1. The molecule has 1 aliphatic heterocycles. The van der Waals surface area contributed by atoms with E-state index in [2.05, 4.69) is 41.0 Å². The third-order valence-electron chi connectivity index (χ3n) is 5.60. The molecule has 1 aromatic rings. The second-order valence-corrected chi connectivity index (χ2v) is 7.26. The SMILES string of the molecule is O=C(CCC1CCNCC1)NC1CCC(c2ccccc2)CC1. The van der Waals surface area contributed by atoms with Gasteiger partial charge in [-0.25, -0.2) is 0 Å². The first kappa shape index (κ1) is 16.5. The van der Waals surface area contributed by atoms with Crippen LogP contribution in [0, 0.1) is 5.92 Å². The summed E-state index contributed by atoms with van der Waals surface area (Å²) in [5.74, 6) is 1.70. The van der Waals surface area contributed by atoms with Crippen LogP contribution in [0.5, 0.6) is 0 Å². The van der Waals surface area contributed by atoms with Crippen molar-refractivity contribution in [2.75, 3.05) is 13.1 Å². The van der Waals surface area contributed by atoms with Gasteiger partial charge in [0, 0.05) is 12.5 Å². The maximum Gasteiger partial charge on any atom is 0.220 e. The molecule has 3 heteroatoms. The van der Waals surface area contributed by atoms with Gasteiger partial charge in [-0.05, 0) is 75.4 Å². The molecule has 126 valence electrons. The lowest BCUT2D eigenvalue weighted by molar-refractivity contribution is -0.122. The molecule has 1 aliphatic carbocycles. The zero-order valence-corrected chi connectivity index (χ0v) is 14.1. The van der Waals surface area contributed by atoms with Crippen molar-refractivity contribution in [3.8, 4) is 0 Å². The molecule has 0 radical (unpaired) electrons. The predicted molar refractivity (Wildman–Crippen MR) is 94.4 cm³/mol. The average molecular weight is 314 g/mol. The molecule has 1 aromatic carbocycles. The number of benzene rings is 1. The molecule has 23 heavy (non-hydrogen) atoms. The van der Waals surface area contributed by atoms with E-state index in [1.165, 1.54) is 31.2 Å². The van der Waals surface area contributed by atoms with Gasteiger partial charge in [-0.1, -0.05) is 30.3 Å². The summed E-state index contributed by atoms with van der Waals surface area (Å²) in [6.45, 7) is 2.24. The Hall–Kier alpha value is -1.35. The van der Waals surface area contributed by atoms with Gasteiger partial charge in [-0.15, -0.1) is 0 Å². The van der Waals surface area contributed by atoms with E-state index in [0.717, 1.165) is 38.3 Å². The van der Waals surface area contributed by atoms with Gasteiger partial charge in [-0.2, -0.15) is 0 Å². The largest absolute Gasteiger partial charge is 0.353 e. The van der Waals surface area contributed by atoms with Gasteiger partial charge < -0.3 is 10.6 Å². The van der Waals surface area contributed by atoms with E-state index in [1.807, 2.05) is 0 Å². The minimum atomic E-state index is 0.270.